The van der Waals surface area contributed by atoms with E-state index in [1.54, 1.807) is 11.8 Å². The van der Waals surface area contributed by atoms with Crippen LogP contribution in [0.25, 0.3) is 0 Å². The van der Waals surface area contributed by atoms with Crippen molar-refractivity contribution >= 4 is 46.5 Å². The predicted octanol–water partition coefficient (Wildman–Crippen LogP) is 4.17. The Morgan fingerprint density at radius 1 is 1.22 bits per heavy atom. The highest BCUT2D eigenvalue weighted by Crippen LogP contribution is 2.29. The largest absolute Gasteiger partial charge is 0.492 e. The topological polar surface area (TPSA) is 64.1 Å². The number of amides is 1. The molecular formula is C15H19N3O2S3. The lowest BCUT2D eigenvalue weighted by atomic mass is 10.3. The summed E-state index contributed by atoms with van der Waals surface area (Å²) in [7, 11) is 0. The molecule has 0 spiro atoms. The number of ether oxygens (including phenoxy) is 1. The van der Waals surface area contributed by atoms with E-state index in [-0.39, 0.29) is 5.91 Å². The number of hydrogen-bond acceptors (Lipinski definition) is 7. The summed E-state index contributed by atoms with van der Waals surface area (Å²) in [6.45, 7) is 4.61. The van der Waals surface area contributed by atoms with Crippen LogP contribution in [0.1, 0.15) is 20.3 Å². The summed E-state index contributed by atoms with van der Waals surface area (Å²) in [5.74, 6) is 1.93. The SMILES string of the molecule is CCCSc1nnc(SCC(=O)Nc2ccccc2OCC)s1. The molecular weight excluding hydrogens is 350 g/mol. The number of anilines is 1. The summed E-state index contributed by atoms with van der Waals surface area (Å²) in [5.41, 5.74) is 0.691. The Labute approximate surface area is 148 Å². The zero-order chi connectivity index (χ0) is 16.5. The highest BCUT2D eigenvalue weighted by Gasteiger charge is 2.10. The van der Waals surface area contributed by atoms with Crippen LogP contribution in [0.4, 0.5) is 5.69 Å². The molecule has 23 heavy (non-hydrogen) atoms. The number of nitrogens with zero attached hydrogens (tertiary/aromatic N) is 2. The van der Waals surface area contributed by atoms with E-state index in [2.05, 4.69) is 22.4 Å². The van der Waals surface area contributed by atoms with E-state index < -0.39 is 0 Å². The number of carbonyl (C=O) groups excluding carboxylic acids is 1. The van der Waals surface area contributed by atoms with Crippen molar-refractivity contribution in [2.45, 2.75) is 28.9 Å². The molecule has 0 aliphatic rings. The lowest BCUT2D eigenvalue weighted by Crippen LogP contribution is -2.14. The molecule has 0 aliphatic heterocycles. The van der Waals surface area contributed by atoms with Gasteiger partial charge in [-0.2, -0.15) is 0 Å². The summed E-state index contributed by atoms with van der Waals surface area (Å²) in [4.78, 5) is 12.1. The summed E-state index contributed by atoms with van der Waals surface area (Å²) >= 11 is 4.63. The van der Waals surface area contributed by atoms with Crippen LogP contribution in [0.5, 0.6) is 5.75 Å². The van der Waals surface area contributed by atoms with Crippen LogP contribution < -0.4 is 10.1 Å². The van der Waals surface area contributed by atoms with Crippen molar-refractivity contribution in [2.75, 3.05) is 23.4 Å². The Hall–Kier alpha value is -1.25. The summed E-state index contributed by atoms with van der Waals surface area (Å²) < 4.78 is 7.27. The van der Waals surface area contributed by atoms with Gasteiger partial charge in [-0.05, 0) is 25.5 Å². The van der Waals surface area contributed by atoms with Crippen LogP contribution in [0.3, 0.4) is 0 Å². The molecule has 1 aromatic heterocycles. The number of nitrogens with one attached hydrogen (secondary N) is 1. The Kier molecular flexibility index (Phi) is 7.70. The first-order valence-electron chi connectivity index (χ1n) is 7.33. The van der Waals surface area contributed by atoms with Crippen molar-refractivity contribution in [2.24, 2.45) is 0 Å². The number of benzene rings is 1. The van der Waals surface area contributed by atoms with Crippen LogP contribution >= 0.6 is 34.9 Å². The molecule has 0 radical (unpaired) electrons. The molecule has 0 fully saturated rings. The molecule has 1 N–H and O–H groups in total. The van der Waals surface area contributed by atoms with Gasteiger partial charge in [0.1, 0.15) is 5.75 Å². The predicted molar refractivity (Wildman–Crippen MR) is 97.9 cm³/mol. The summed E-state index contributed by atoms with van der Waals surface area (Å²) in [5, 5.41) is 11.1. The molecule has 8 heteroatoms. The second-order valence-corrected chi connectivity index (χ2v) is 7.99. The maximum Gasteiger partial charge on any atom is 0.234 e. The van der Waals surface area contributed by atoms with Gasteiger partial charge in [0, 0.05) is 5.75 Å². The molecule has 0 unspecified atom stereocenters. The first kappa shape index (κ1) is 18.1. The zero-order valence-corrected chi connectivity index (χ0v) is 15.5. The van der Waals surface area contributed by atoms with E-state index in [9.17, 15) is 4.79 Å². The fourth-order valence-corrected chi connectivity index (χ4v) is 4.41. The summed E-state index contributed by atoms with van der Waals surface area (Å²) in [6, 6.07) is 7.42. The Morgan fingerprint density at radius 3 is 2.70 bits per heavy atom. The van der Waals surface area contributed by atoms with Gasteiger partial charge in [0.25, 0.3) is 0 Å². The standard InChI is InChI=1S/C15H19N3O2S3/c1-3-9-21-14-17-18-15(23-14)22-10-13(19)16-11-7-5-6-8-12(11)20-4-2/h5-8H,3-4,9-10H2,1-2H3,(H,16,19). The average molecular weight is 370 g/mol. The minimum Gasteiger partial charge on any atom is -0.492 e. The van der Waals surface area contributed by atoms with Gasteiger partial charge >= 0.3 is 0 Å². The third kappa shape index (κ3) is 6.04. The zero-order valence-electron chi connectivity index (χ0n) is 13.1. The van der Waals surface area contributed by atoms with Gasteiger partial charge in [-0.15, -0.1) is 10.2 Å². The maximum absolute atomic E-state index is 12.1. The van der Waals surface area contributed by atoms with Crippen LogP contribution in [0.2, 0.25) is 0 Å². The van der Waals surface area contributed by atoms with Gasteiger partial charge in [-0.1, -0.05) is 53.9 Å². The Bertz CT molecular complexity index is 634. The fourth-order valence-electron chi connectivity index (χ4n) is 1.67. The fraction of sp³-hybridized carbons (Fsp3) is 0.400. The molecule has 2 rings (SSSR count). The van der Waals surface area contributed by atoms with Gasteiger partial charge in [-0.3, -0.25) is 4.79 Å². The normalized spacial score (nSPS) is 10.5. The van der Waals surface area contributed by atoms with Gasteiger partial charge in [0.2, 0.25) is 5.91 Å². The Balaban J connectivity index is 1.84. The number of thioether (sulfide) groups is 2. The van der Waals surface area contributed by atoms with Crippen LogP contribution in [0.15, 0.2) is 32.9 Å². The number of rotatable bonds is 9. The van der Waals surface area contributed by atoms with E-state index in [0.717, 1.165) is 20.9 Å². The third-order valence-corrected chi connectivity index (χ3v) is 6.00. The van der Waals surface area contributed by atoms with E-state index in [0.29, 0.717) is 23.8 Å². The van der Waals surface area contributed by atoms with E-state index in [4.69, 9.17) is 4.74 Å². The van der Waals surface area contributed by atoms with Crippen LogP contribution in [-0.4, -0.2) is 34.2 Å². The molecule has 5 nitrogen and oxygen atoms in total. The van der Waals surface area contributed by atoms with Gasteiger partial charge in [0.05, 0.1) is 18.0 Å². The minimum atomic E-state index is -0.0832. The quantitative estimate of drug-likeness (QED) is 0.669. The molecule has 1 heterocycles. The van der Waals surface area contributed by atoms with Crippen LogP contribution in [0, 0.1) is 0 Å². The maximum atomic E-state index is 12.1. The lowest BCUT2D eigenvalue weighted by Gasteiger charge is -2.10. The van der Waals surface area contributed by atoms with E-state index in [1.807, 2.05) is 31.2 Å². The smallest absolute Gasteiger partial charge is 0.234 e. The molecule has 124 valence electrons. The van der Waals surface area contributed by atoms with Gasteiger partial charge in [-0.25, -0.2) is 0 Å². The number of hydrogen-bond donors (Lipinski definition) is 1. The van der Waals surface area contributed by atoms with E-state index in [1.165, 1.54) is 23.1 Å². The Morgan fingerprint density at radius 2 is 1.96 bits per heavy atom. The summed E-state index contributed by atoms with van der Waals surface area (Å²) in [6.07, 6.45) is 1.11. The molecule has 0 bridgehead atoms. The van der Waals surface area contributed by atoms with Gasteiger partial charge in [0.15, 0.2) is 8.68 Å². The highest BCUT2D eigenvalue weighted by atomic mass is 32.2. The third-order valence-electron chi connectivity index (χ3n) is 2.61. The number of para-hydroxylation sites is 2. The highest BCUT2D eigenvalue weighted by molar-refractivity contribution is 8.03. The minimum absolute atomic E-state index is 0.0832. The molecule has 0 aliphatic carbocycles. The van der Waals surface area contributed by atoms with Crippen molar-refractivity contribution in [3.8, 4) is 5.75 Å². The lowest BCUT2D eigenvalue weighted by molar-refractivity contribution is -0.113. The van der Waals surface area contributed by atoms with Crippen molar-refractivity contribution in [1.29, 1.82) is 0 Å². The average Bonchev–Trinajstić information content (AvgIpc) is 3.01. The second kappa shape index (κ2) is 9.79. The second-order valence-electron chi connectivity index (χ2n) is 4.45. The molecule has 1 aromatic carbocycles. The first-order chi connectivity index (χ1) is 11.2. The molecule has 0 saturated heterocycles. The molecule has 1 amide bonds. The number of carbonyl (C=O) groups is 1. The number of aromatic nitrogens is 2. The van der Waals surface area contributed by atoms with Crippen molar-refractivity contribution in [3.05, 3.63) is 24.3 Å². The molecule has 2 aromatic rings. The van der Waals surface area contributed by atoms with Gasteiger partial charge < -0.3 is 10.1 Å². The van der Waals surface area contributed by atoms with Crippen LogP contribution in [-0.2, 0) is 4.79 Å². The van der Waals surface area contributed by atoms with Crippen molar-refractivity contribution in [1.82, 2.24) is 10.2 Å². The molecule has 0 atom stereocenters. The molecule has 0 saturated carbocycles. The monoisotopic (exact) mass is 369 g/mol. The van der Waals surface area contributed by atoms with E-state index >= 15 is 0 Å². The van der Waals surface area contributed by atoms with Crippen molar-refractivity contribution in [3.63, 3.8) is 0 Å². The van der Waals surface area contributed by atoms with Crippen molar-refractivity contribution < 1.29 is 9.53 Å². The first-order valence-corrected chi connectivity index (χ1v) is 10.1.